The molecule has 0 spiro atoms. The molecule has 1 rings (SSSR count). The standard InChI is InChI=1S/C9H11ClN2O.C2H6/c1-6(12-7(2)13)9-8(10)4-3-5-11-9;1-2/h3-6H,1-2H3,(H,12,13);1-2H3. The molecule has 0 fully saturated rings. The lowest BCUT2D eigenvalue weighted by atomic mass is 10.2. The average Bonchev–Trinajstić information content (AvgIpc) is 2.20. The lowest BCUT2D eigenvalue weighted by Gasteiger charge is -2.12. The van der Waals surface area contributed by atoms with E-state index in [-0.39, 0.29) is 11.9 Å². The molecule has 84 valence electrons. The lowest BCUT2D eigenvalue weighted by molar-refractivity contribution is -0.119. The Morgan fingerprint density at radius 2 is 2.13 bits per heavy atom. The number of nitrogens with zero attached hydrogens (tertiary/aromatic N) is 1. The largest absolute Gasteiger partial charge is 0.348 e. The third-order valence-corrected chi connectivity index (χ3v) is 1.94. The zero-order chi connectivity index (χ0) is 11.8. The van der Waals surface area contributed by atoms with E-state index in [4.69, 9.17) is 11.6 Å². The van der Waals surface area contributed by atoms with E-state index in [9.17, 15) is 4.79 Å². The summed E-state index contributed by atoms with van der Waals surface area (Å²) < 4.78 is 0. The first kappa shape index (κ1) is 13.9. The summed E-state index contributed by atoms with van der Waals surface area (Å²) >= 11 is 5.89. The van der Waals surface area contributed by atoms with Crippen molar-refractivity contribution in [1.82, 2.24) is 10.3 Å². The molecule has 1 atom stereocenters. The summed E-state index contributed by atoms with van der Waals surface area (Å²) in [5.74, 6) is -0.0887. The SMILES string of the molecule is CC.CC(=O)NC(C)c1ncccc1Cl. The van der Waals surface area contributed by atoms with Gasteiger partial charge in [0.05, 0.1) is 16.8 Å². The van der Waals surface area contributed by atoms with Crippen molar-refractivity contribution in [1.29, 1.82) is 0 Å². The molecule has 4 heteroatoms. The molecule has 1 aromatic rings. The van der Waals surface area contributed by atoms with E-state index in [1.54, 1.807) is 18.3 Å². The van der Waals surface area contributed by atoms with Gasteiger partial charge in [-0.05, 0) is 19.1 Å². The van der Waals surface area contributed by atoms with Crippen molar-refractivity contribution < 1.29 is 4.79 Å². The van der Waals surface area contributed by atoms with E-state index in [0.717, 1.165) is 0 Å². The first-order valence-corrected chi connectivity index (χ1v) is 5.36. The Morgan fingerprint density at radius 1 is 1.53 bits per heavy atom. The summed E-state index contributed by atoms with van der Waals surface area (Å²) in [4.78, 5) is 14.8. The Labute approximate surface area is 95.9 Å². The van der Waals surface area contributed by atoms with Crippen LogP contribution in [0.5, 0.6) is 0 Å². The average molecular weight is 229 g/mol. The number of rotatable bonds is 2. The molecule has 1 unspecified atom stereocenters. The number of hydrogen-bond acceptors (Lipinski definition) is 2. The number of pyridine rings is 1. The number of nitrogens with one attached hydrogen (secondary N) is 1. The molecule has 0 saturated carbocycles. The Balaban J connectivity index is 0.000000921. The monoisotopic (exact) mass is 228 g/mol. The Morgan fingerprint density at radius 3 is 2.60 bits per heavy atom. The molecule has 1 N–H and O–H groups in total. The van der Waals surface area contributed by atoms with Crippen molar-refractivity contribution in [2.45, 2.75) is 33.7 Å². The minimum absolute atomic E-state index is 0.0887. The van der Waals surface area contributed by atoms with Gasteiger partial charge >= 0.3 is 0 Å². The van der Waals surface area contributed by atoms with Crippen LogP contribution >= 0.6 is 11.6 Å². The minimum atomic E-state index is -0.147. The summed E-state index contributed by atoms with van der Waals surface area (Å²) in [6.07, 6.45) is 1.65. The summed E-state index contributed by atoms with van der Waals surface area (Å²) in [5.41, 5.74) is 0.694. The zero-order valence-corrected chi connectivity index (χ0v) is 10.3. The van der Waals surface area contributed by atoms with Crippen molar-refractivity contribution in [3.05, 3.63) is 29.0 Å². The van der Waals surface area contributed by atoms with Gasteiger partial charge in [-0.3, -0.25) is 9.78 Å². The highest BCUT2D eigenvalue weighted by Gasteiger charge is 2.10. The van der Waals surface area contributed by atoms with Crippen LogP contribution in [-0.4, -0.2) is 10.9 Å². The molecule has 0 saturated heterocycles. The molecular weight excluding hydrogens is 212 g/mol. The van der Waals surface area contributed by atoms with Gasteiger partial charge in [-0.2, -0.15) is 0 Å². The van der Waals surface area contributed by atoms with Crippen molar-refractivity contribution in [2.75, 3.05) is 0 Å². The first-order valence-electron chi connectivity index (χ1n) is 4.98. The zero-order valence-electron chi connectivity index (χ0n) is 9.54. The van der Waals surface area contributed by atoms with Crippen LogP contribution in [0.3, 0.4) is 0 Å². The molecule has 15 heavy (non-hydrogen) atoms. The van der Waals surface area contributed by atoms with E-state index in [0.29, 0.717) is 10.7 Å². The first-order chi connectivity index (χ1) is 7.11. The maximum Gasteiger partial charge on any atom is 0.217 e. The molecular formula is C11H17ClN2O. The van der Waals surface area contributed by atoms with Crippen LogP contribution in [0, 0.1) is 0 Å². The summed E-state index contributed by atoms with van der Waals surface area (Å²) in [7, 11) is 0. The molecule has 0 aliphatic carbocycles. The van der Waals surface area contributed by atoms with Crippen LogP contribution < -0.4 is 5.32 Å². The van der Waals surface area contributed by atoms with E-state index in [1.807, 2.05) is 20.8 Å². The van der Waals surface area contributed by atoms with Gasteiger partial charge < -0.3 is 5.32 Å². The van der Waals surface area contributed by atoms with Gasteiger partial charge in [-0.25, -0.2) is 0 Å². The number of hydrogen-bond donors (Lipinski definition) is 1. The molecule has 3 nitrogen and oxygen atoms in total. The maximum atomic E-state index is 10.8. The van der Waals surface area contributed by atoms with Crippen molar-refractivity contribution >= 4 is 17.5 Å². The van der Waals surface area contributed by atoms with Gasteiger partial charge in [-0.1, -0.05) is 25.4 Å². The van der Waals surface area contributed by atoms with Gasteiger partial charge in [0.2, 0.25) is 5.91 Å². The van der Waals surface area contributed by atoms with E-state index in [1.165, 1.54) is 6.92 Å². The Bertz CT molecular complexity index is 315. The molecule has 0 aromatic carbocycles. The summed E-state index contributed by atoms with van der Waals surface area (Å²) in [6, 6.07) is 3.36. The molecule has 1 aromatic heterocycles. The van der Waals surface area contributed by atoms with Crippen molar-refractivity contribution in [2.24, 2.45) is 0 Å². The highest BCUT2D eigenvalue weighted by atomic mass is 35.5. The maximum absolute atomic E-state index is 10.8. The smallest absolute Gasteiger partial charge is 0.217 e. The molecule has 0 bridgehead atoms. The Kier molecular flexibility index (Phi) is 6.71. The van der Waals surface area contributed by atoms with Crippen LogP contribution in [0.4, 0.5) is 0 Å². The third kappa shape index (κ3) is 4.79. The van der Waals surface area contributed by atoms with Crippen LogP contribution in [0.15, 0.2) is 18.3 Å². The summed E-state index contributed by atoms with van der Waals surface area (Å²) in [6.45, 7) is 7.31. The minimum Gasteiger partial charge on any atom is -0.348 e. The van der Waals surface area contributed by atoms with Gasteiger partial charge in [-0.15, -0.1) is 0 Å². The fourth-order valence-electron chi connectivity index (χ4n) is 1.09. The number of halogens is 1. The highest BCUT2D eigenvalue weighted by Crippen LogP contribution is 2.19. The second-order valence-corrected chi connectivity index (χ2v) is 3.20. The fourth-order valence-corrected chi connectivity index (χ4v) is 1.37. The molecule has 1 heterocycles. The highest BCUT2D eigenvalue weighted by molar-refractivity contribution is 6.31. The normalized spacial score (nSPS) is 11.0. The van der Waals surface area contributed by atoms with E-state index >= 15 is 0 Å². The number of aromatic nitrogens is 1. The Hall–Kier alpha value is -1.09. The quantitative estimate of drug-likeness (QED) is 0.846. The lowest BCUT2D eigenvalue weighted by Crippen LogP contribution is -2.24. The van der Waals surface area contributed by atoms with Crippen molar-refractivity contribution in [3.8, 4) is 0 Å². The van der Waals surface area contributed by atoms with Crippen LogP contribution in [0.25, 0.3) is 0 Å². The predicted octanol–water partition coefficient (Wildman–Crippen LogP) is 2.96. The molecule has 0 aliphatic heterocycles. The second kappa shape index (κ2) is 7.23. The van der Waals surface area contributed by atoms with Gasteiger partial charge in [0.15, 0.2) is 0 Å². The van der Waals surface area contributed by atoms with Crippen molar-refractivity contribution in [3.63, 3.8) is 0 Å². The van der Waals surface area contributed by atoms with Crippen LogP contribution in [0.2, 0.25) is 5.02 Å². The second-order valence-electron chi connectivity index (χ2n) is 2.79. The van der Waals surface area contributed by atoms with Gasteiger partial charge in [0.1, 0.15) is 0 Å². The number of carbonyl (C=O) groups is 1. The molecule has 0 radical (unpaired) electrons. The fraction of sp³-hybridized carbons (Fsp3) is 0.455. The number of amides is 1. The summed E-state index contributed by atoms with van der Waals surface area (Å²) in [5, 5.41) is 3.29. The third-order valence-electron chi connectivity index (χ3n) is 1.62. The van der Waals surface area contributed by atoms with E-state index in [2.05, 4.69) is 10.3 Å². The van der Waals surface area contributed by atoms with Gasteiger partial charge in [0.25, 0.3) is 0 Å². The molecule has 0 aliphatic rings. The van der Waals surface area contributed by atoms with Gasteiger partial charge in [0, 0.05) is 13.1 Å². The van der Waals surface area contributed by atoms with Crippen LogP contribution in [0.1, 0.15) is 39.4 Å². The number of carbonyl (C=O) groups excluding carboxylic acids is 1. The predicted molar refractivity (Wildman–Crippen MR) is 62.8 cm³/mol. The molecule has 1 amide bonds. The van der Waals surface area contributed by atoms with E-state index < -0.39 is 0 Å². The van der Waals surface area contributed by atoms with Crippen LogP contribution in [-0.2, 0) is 4.79 Å². The topological polar surface area (TPSA) is 42.0 Å².